The highest BCUT2D eigenvalue weighted by Crippen LogP contribution is 2.57. The molecule has 0 aromatic carbocycles. The van der Waals surface area contributed by atoms with E-state index in [0.717, 1.165) is 30.6 Å². The molecule has 33 heavy (non-hydrogen) atoms. The lowest BCUT2D eigenvalue weighted by atomic mass is 9.59. The van der Waals surface area contributed by atoms with E-state index in [1.54, 1.807) is 5.57 Å². The Morgan fingerprint density at radius 2 is 2.09 bits per heavy atom. The van der Waals surface area contributed by atoms with Crippen molar-refractivity contribution < 1.29 is 14.9 Å². The van der Waals surface area contributed by atoms with Gasteiger partial charge in [-0.2, -0.15) is 0 Å². The number of rotatable bonds is 7. The number of fused-ring (bicyclic) bond motifs is 1. The predicted octanol–water partition coefficient (Wildman–Crippen LogP) is 6.22. The molecule has 3 nitrogen and oxygen atoms in total. The third kappa shape index (κ3) is 6.62. The highest BCUT2D eigenvalue weighted by molar-refractivity contribution is 5.35. The second-order valence-corrected chi connectivity index (χ2v) is 12.0. The zero-order chi connectivity index (χ0) is 24.2. The van der Waals surface area contributed by atoms with Crippen molar-refractivity contribution in [1.29, 1.82) is 0 Å². The van der Waals surface area contributed by atoms with Gasteiger partial charge in [0, 0.05) is 18.4 Å². The van der Waals surface area contributed by atoms with E-state index in [-0.39, 0.29) is 10.8 Å². The van der Waals surface area contributed by atoms with Crippen molar-refractivity contribution in [2.45, 2.75) is 98.2 Å². The molecular formula is C30H46O3. The van der Waals surface area contributed by atoms with Gasteiger partial charge in [0.15, 0.2) is 0 Å². The molecule has 0 aliphatic heterocycles. The van der Waals surface area contributed by atoms with Crippen LogP contribution in [0.5, 0.6) is 0 Å². The van der Waals surface area contributed by atoms with Crippen molar-refractivity contribution in [1.82, 2.24) is 0 Å². The molecule has 0 saturated heterocycles. The standard InChI is InChI=1S/C30H46O3/c1-21(14-18-33-17-8-15-29(3,4)5)26-12-13-27-23(9-7-16-30(26,27)6)10-11-24-19-25(31)20-28(32)22(24)2/h11-12,21,23,25,27-28,31-32H,2,7,9-10,13-14,16-20H2,1,3-6H3/t21-,23+,25-,27+,28?,30-/m1/s1. The number of hydrogen-bond acceptors (Lipinski definition) is 3. The lowest BCUT2D eigenvalue weighted by Gasteiger charge is -2.45. The maximum atomic E-state index is 10.2. The first-order valence-corrected chi connectivity index (χ1v) is 13.0. The maximum Gasteiger partial charge on any atom is 0.107 e. The average molecular weight is 455 g/mol. The molecule has 3 aliphatic rings. The Balaban J connectivity index is 1.55. The minimum Gasteiger partial charge on any atom is -0.393 e. The smallest absolute Gasteiger partial charge is 0.107 e. The molecule has 184 valence electrons. The largest absolute Gasteiger partial charge is 0.393 e. The lowest BCUT2D eigenvalue weighted by molar-refractivity contribution is 0.0846. The quantitative estimate of drug-likeness (QED) is 0.273. The van der Waals surface area contributed by atoms with E-state index >= 15 is 0 Å². The molecule has 0 aromatic heterocycles. The van der Waals surface area contributed by atoms with Gasteiger partial charge < -0.3 is 14.9 Å². The number of allylic oxidation sites excluding steroid dienone is 3. The summed E-state index contributed by atoms with van der Waals surface area (Å²) in [5.41, 5.74) is 3.84. The first kappa shape index (κ1) is 26.3. The van der Waals surface area contributed by atoms with Crippen molar-refractivity contribution >= 4 is 0 Å². The van der Waals surface area contributed by atoms with Crippen LogP contribution >= 0.6 is 0 Å². The van der Waals surface area contributed by atoms with Gasteiger partial charge in [-0.1, -0.05) is 56.4 Å². The molecular weight excluding hydrogens is 408 g/mol. The summed E-state index contributed by atoms with van der Waals surface area (Å²) in [6.45, 7) is 16.6. The van der Waals surface area contributed by atoms with Crippen molar-refractivity contribution in [3.8, 4) is 11.8 Å². The molecule has 0 aromatic rings. The van der Waals surface area contributed by atoms with Crippen LogP contribution in [0, 0.1) is 40.4 Å². The van der Waals surface area contributed by atoms with Gasteiger partial charge in [0.25, 0.3) is 0 Å². The van der Waals surface area contributed by atoms with Crippen LogP contribution in [-0.4, -0.2) is 35.6 Å². The Morgan fingerprint density at radius 1 is 1.33 bits per heavy atom. The molecule has 3 rings (SSSR count). The van der Waals surface area contributed by atoms with Gasteiger partial charge in [0.2, 0.25) is 0 Å². The van der Waals surface area contributed by atoms with Crippen molar-refractivity contribution in [3.63, 3.8) is 0 Å². The van der Waals surface area contributed by atoms with E-state index < -0.39 is 12.2 Å². The van der Waals surface area contributed by atoms with E-state index in [0.29, 0.717) is 37.2 Å². The first-order chi connectivity index (χ1) is 15.5. The van der Waals surface area contributed by atoms with Crippen LogP contribution in [0.15, 0.2) is 35.5 Å². The molecule has 0 radical (unpaired) electrons. The molecule has 2 fully saturated rings. The summed E-state index contributed by atoms with van der Waals surface area (Å²) in [7, 11) is 0. The Bertz CT molecular complexity index is 818. The second kappa shape index (κ2) is 10.9. The van der Waals surface area contributed by atoms with E-state index in [9.17, 15) is 10.2 Å². The van der Waals surface area contributed by atoms with Crippen LogP contribution < -0.4 is 0 Å². The zero-order valence-corrected chi connectivity index (χ0v) is 21.6. The summed E-state index contributed by atoms with van der Waals surface area (Å²) >= 11 is 0. The van der Waals surface area contributed by atoms with Crippen molar-refractivity contribution in [3.05, 3.63) is 35.5 Å². The van der Waals surface area contributed by atoms with Crippen LogP contribution in [0.2, 0.25) is 0 Å². The Kier molecular flexibility index (Phi) is 8.71. The third-order valence-electron chi connectivity index (χ3n) is 8.21. The predicted molar refractivity (Wildman–Crippen MR) is 137 cm³/mol. The van der Waals surface area contributed by atoms with Gasteiger partial charge in [-0.05, 0) is 93.6 Å². The van der Waals surface area contributed by atoms with Gasteiger partial charge >= 0.3 is 0 Å². The topological polar surface area (TPSA) is 49.7 Å². The molecule has 0 heterocycles. The minimum atomic E-state index is -0.598. The van der Waals surface area contributed by atoms with Crippen LogP contribution in [-0.2, 0) is 4.74 Å². The Hall–Kier alpha value is -1.34. The van der Waals surface area contributed by atoms with E-state index in [1.807, 2.05) is 0 Å². The number of aliphatic hydroxyl groups is 2. The highest BCUT2D eigenvalue weighted by Gasteiger charge is 2.47. The summed E-state index contributed by atoms with van der Waals surface area (Å²) in [5, 5.41) is 20.2. The molecule has 2 N–H and O–H groups in total. The van der Waals surface area contributed by atoms with Crippen LogP contribution in [0.3, 0.4) is 0 Å². The van der Waals surface area contributed by atoms with Gasteiger partial charge in [-0.15, -0.1) is 0 Å². The van der Waals surface area contributed by atoms with Crippen molar-refractivity contribution in [2.75, 3.05) is 13.2 Å². The van der Waals surface area contributed by atoms with Gasteiger partial charge in [-0.3, -0.25) is 0 Å². The lowest BCUT2D eigenvalue weighted by Crippen LogP contribution is -2.36. The zero-order valence-electron chi connectivity index (χ0n) is 21.6. The molecule has 6 atom stereocenters. The summed E-state index contributed by atoms with van der Waals surface area (Å²) in [6, 6.07) is 0. The number of aliphatic hydroxyl groups excluding tert-OH is 2. The molecule has 3 aliphatic carbocycles. The highest BCUT2D eigenvalue weighted by atomic mass is 16.5. The molecule has 1 unspecified atom stereocenters. The number of hydrogen-bond donors (Lipinski definition) is 2. The SMILES string of the molecule is C=C1C(=CC[C@@H]2CCC[C@]3(C)C([C@H](C)CCOCC#CC(C)(C)C)=CC[C@@H]23)C[C@@H](O)CC1O. The molecule has 3 heteroatoms. The number of ether oxygens (including phenoxy) is 1. The van der Waals surface area contributed by atoms with E-state index in [4.69, 9.17) is 4.74 Å². The normalized spacial score (nSPS) is 34.5. The Labute approximate surface area is 202 Å². The summed E-state index contributed by atoms with van der Waals surface area (Å²) in [5.74, 6) is 8.26. The fraction of sp³-hybridized carbons (Fsp3) is 0.733. The van der Waals surface area contributed by atoms with Crippen LogP contribution in [0.4, 0.5) is 0 Å². The van der Waals surface area contributed by atoms with Gasteiger partial charge in [0.1, 0.15) is 6.61 Å². The third-order valence-corrected chi connectivity index (χ3v) is 8.21. The maximum absolute atomic E-state index is 10.2. The molecule has 2 saturated carbocycles. The van der Waals surface area contributed by atoms with E-state index in [2.05, 4.69) is 65.2 Å². The fourth-order valence-corrected chi connectivity index (χ4v) is 6.41. The monoisotopic (exact) mass is 454 g/mol. The van der Waals surface area contributed by atoms with Crippen LogP contribution in [0.25, 0.3) is 0 Å². The fourth-order valence-electron chi connectivity index (χ4n) is 6.41. The minimum absolute atomic E-state index is 0.0339. The average Bonchev–Trinajstić information content (AvgIpc) is 3.08. The molecule has 0 amide bonds. The van der Waals surface area contributed by atoms with Gasteiger partial charge in [-0.25, -0.2) is 0 Å². The first-order valence-electron chi connectivity index (χ1n) is 13.0. The molecule has 0 spiro atoms. The van der Waals surface area contributed by atoms with Gasteiger partial charge in [0.05, 0.1) is 12.2 Å². The second-order valence-electron chi connectivity index (χ2n) is 12.0. The summed E-state index contributed by atoms with van der Waals surface area (Å²) < 4.78 is 5.82. The van der Waals surface area contributed by atoms with Crippen molar-refractivity contribution in [2.24, 2.45) is 28.6 Å². The summed E-state index contributed by atoms with van der Waals surface area (Å²) in [6.07, 6.45) is 11.9. The molecule has 0 bridgehead atoms. The summed E-state index contributed by atoms with van der Waals surface area (Å²) in [4.78, 5) is 0. The Morgan fingerprint density at radius 3 is 2.82 bits per heavy atom. The van der Waals surface area contributed by atoms with E-state index in [1.165, 1.54) is 25.7 Å². The van der Waals surface area contributed by atoms with Crippen LogP contribution in [0.1, 0.15) is 86.0 Å².